The minimum atomic E-state index is -0.449. The zero-order valence-corrected chi connectivity index (χ0v) is 10.5. The molecule has 16 heavy (non-hydrogen) atoms. The molecular weight excluding hydrogens is 275 g/mol. The fraction of sp³-hybridized carbons (Fsp3) is 0.545. The number of hydrogen-bond donors (Lipinski definition) is 1. The third-order valence-corrected chi connectivity index (χ3v) is 3.16. The summed E-state index contributed by atoms with van der Waals surface area (Å²) in [6.45, 7) is 2.40. The highest BCUT2D eigenvalue weighted by Gasteiger charge is 2.14. The van der Waals surface area contributed by atoms with Crippen molar-refractivity contribution in [3.63, 3.8) is 0 Å². The van der Waals surface area contributed by atoms with Crippen LogP contribution in [-0.4, -0.2) is 24.7 Å². The molecule has 2 heterocycles. The summed E-state index contributed by atoms with van der Waals surface area (Å²) in [5.74, 6) is 0.113. The van der Waals surface area contributed by atoms with E-state index < -0.39 is 5.95 Å². The van der Waals surface area contributed by atoms with Crippen LogP contribution < -0.4 is 5.32 Å². The van der Waals surface area contributed by atoms with E-state index in [1.54, 1.807) is 6.07 Å². The number of ether oxygens (including phenoxy) is 1. The minimum Gasteiger partial charge on any atom is -0.381 e. The highest BCUT2D eigenvalue weighted by molar-refractivity contribution is 9.10. The van der Waals surface area contributed by atoms with E-state index in [-0.39, 0.29) is 0 Å². The predicted octanol–water partition coefficient (Wildman–Crippen LogP) is 2.82. The van der Waals surface area contributed by atoms with E-state index in [1.807, 2.05) is 0 Å². The number of halogens is 2. The lowest BCUT2D eigenvalue weighted by Crippen LogP contribution is -2.23. The molecule has 3 nitrogen and oxygen atoms in total. The quantitative estimate of drug-likeness (QED) is 0.869. The first kappa shape index (κ1) is 11.8. The third-order valence-electron chi connectivity index (χ3n) is 2.73. The summed E-state index contributed by atoms with van der Waals surface area (Å²) in [7, 11) is 0. The molecule has 0 aromatic carbocycles. The number of rotatable bonds is 3. The van der Waals surface area contributed by atoms with Gasteiger partial charge in [-0.2, -0.15) is 4.39 Å². The Labute approximate surface area is 103 Å². The van der Waals surface area contributed by atoms with E-state index >= 15 is 0 Å². The van der Waals surface area contributed by atoms with Gasteiger partial charge in [0.15, 0.2) is 0 Å². The Hall–Kier alpha value is -0.680. The molecule has 1 N–H and O–H groups in total. The molecule has 0 amide bonds. The lowest BCUT2D eigenvalue weighted by atomic mass is 10.0. The van der Waals surface area contributed by atoms with E-state index in [1.165, 1.54) is 6.20 Å². The second-order valence-corrected chi connectivity index (χ2v) is 4.84. The first-order chi connectivity index (χ1) is 7.75. The maximum atomic E-state index is 13.3. The number of nitrogens with one attached hydrogen (secondary N) is 1. The maximum absolute atomic E-state index is 13.3. The van der Waals surface area contributed by atoms with Crippen molar-refractivity contribution in [2.45, 2.75) is 12.8 Å². The third kappa shape index (κ3) is 3.15. The molecule has 0 spiro atoms. The molecule has 1 saturated heterocycles. The Morgan fingerprint density at radius 3 is 3.00 bits per heavy atom. The lowest BCUT2D eigenvalue weighted by Gasteiger charge is -2.22. The topological polar surface area (TPSA) is 34.2 Å². The van der Waals surface area contributed by atoms with Crippen LogP contribution in [0.5, 0.6) is 0 Å². The van der Waals surface area contributed by atoms with Crippen molar-refractivity contribution < 1.29 is 9.13 Å². The Balaban J connectivity index is 1.90. The largest absolute Gasteiger partial charge is 0.381 e. The lowest BCUT2D eigenvalue weighted by molar-refractivity contribution is 0.0699. The van der Waals surface area contributed by atoms with E-state index in [0.29, 0.717) is 11.6 Å². The molecule has 0 aliphatic carbocycles. The molecule has 1 aromatic heterocycles. The van der Waals surface area contributed by atoms with Crippen LogP contribution in [0.15, 0.2) is 16.7 Å². The van der Waals surface area contributed by atoms with Gasteiger partial charge in [-0.1, -0.05) is 0 Å². The number of aromatic nitrogens is 1. The summed E-state index contributed by atoms with van der Waals surface area (Å²) in [5, 5.41) is 3.10. The summed E-state index contributed by atoms with van der Waals surface area (Å²) >= 11 is 3.27. The maximum Gasteiger partial charge on any atom is 0.236 e. The van der Waals surface area contributed by atoms with Crippen molar-refractivity contribution in [3.8, 4) is 0 Å². The smallest absolute Gasteiger partial charge is 0.236 e. The second kappa shape index (κ2) is 5.59. The van der Waals surface area contributed by atoms with E-state index in [4.69, 9.17) is 4.74 Å². The summed E-state index contributed by atoms with van der Waals surface area (Å²) in [6, 6.07) is 1.71. The van der Waals surface area contributed by atoms with Gasteiger partial charge < -0.3 is 10.1 Å². The molecule has 1 fully saturated rings. The monoisotopic (exact) mass is 288 g/mol. The van der Waals surface area contributed by atoms with Gasteiger partial charge in [-0.25, -0.2) is 4.98 Å². The Morgan fingerprint density at radius 2 is 2.25 bits per heavy atom. The van der Waals surface area contributed by atoms with Gasteiger partial charge in [-0.15, -0.1) is 0 Å². The van der Waals surface area contributed by atoms with Crippen LogP contribution in [0.1, 0.15) is 12.8 Å². The first-order valence-corrected chi connectivity index (χ1v) is 6.17. The van der Waals surface area contributed by atoms with Crippen molar-refractivity contribution in [1.29, 1.82) is 0 Å². The van der Waals surface area contributed by atoms with E-state index in [0.717, 1.165) is 37.1 Å². The van der Waals surface area contributed by atoms with Crippen molar-refractivity contribution in [1.82, 2.24) is 4.98 Å². The fourth-order valence-electron chi connectivity index (χ4n) is 1.75. The molecule has 5 heteroatoms. The predicted molar refractivity (Wildman–Crippen MR) is 63.9 cm³/mol. The Bertz CT molecular complexity index is 356. The van der Waals surface area contributed by atoms with Crippen molar-refractivity contribution >= 4 is 21.6 Å². The van der Waals surface area contributed by atoms with Crippen LogP contribution in [0.2, 0.25) is 0 Å². The first-order valence-electron chi connectivity index (χ1n) is 5.38. The van der Waals surface area contributed by atoms with Crippen molar-refractivity contribution in [2.75, 3.05) is 25.1 Å². The van der Waals surface area contributed by atoms with Gasteiger partial charge in [0.05, 0.1) is 5.69 Å². The summed E-state index contributed by atoms with van der Waals surface area (Å²) in [6.07, 6.45) is 3.53. The SMILES string of the molecule is Fc1ncc(Br)cc1NCC1CCOCC1. The number of hydrogen-bond acceptors (Lipinski definition) is 3. The van der Waals surface area contributed by atoms with Gasteiger partial charge in [-0.3, -0.25) is 0 Å². The van der Waals surface area contributed by atoms with E-state index in [2.05, 4.69) is 26.2 Å². The molecular formula is C11H14BrFN2O. The van der Waals surface area contributed by atoms with Gasteiger partial charge in [-0.05, 0) is 40.8 Å². The summed E-state index contributed by atoms with van der Waals surface area (Å²) < 4.78 is 19.4. The molecule has 0 saturated carbocycles. The molecule has 1 aliphatic rings. The van der Waals surface area contributed by atoms with Crippen LogP contribution in [-0.2, 0) is 4.74 Å². The Kier molecular flexibility index (Phi) is 4.12. The van der Waals surface area contributed by atoms with Crippen LogP contribution in [0.3, 0.4) is 0 Å². The minimum absolute atomic E-state index is 0.449. The highest BCUT2D eigenvalue weighted by Crippen LogP contribution is 2.20. The second-order valence-electron chi connectivity index (χ2n) is 3.93. The zero-order valence-electron chi connectivity index (χ0n) is 8.88. The number of anilines is 1. The molecule has 1 aromatic rings. The standard InChI is InChI=1S/C11H14BrFN2O/c12-9-5-10(11(13)15-7-9)14-6-8-1-3-16-4-2-8/h5,7-8,14H,1-4,6H2. The fourth-order valence-corrected chi connectivity index (χ4v) is 2.08. The van der Waals surface area contributed by atoms with Gasteiger partial charge in [0.25, 0.3) is 0 Å². The van der Waals surface area contributed by atoms with Gasteiger partial charge >= 0.3 is 0 Å². The molecule has 2 rings (SSSR count). The molecule has 1 aliphatic heterocycles. The molecule has 88 valence electrons. The van der Waals surface area contributed by atoms with Crippen molar-refractivity contribution in [3.05, 3.63) is 22.7 Å². The molecule has 0 unspecified atom stereocenters. The van der Waals surface area contributed by atoms with Crippen molar-refractivity contribution in [2.24, 2.45) is 5.92 Å². The average Bonchev–Trinajstić information content (AvgIpc) is 2.32. The molecule has 0 atom stereocenters. The normalized spacial score (nSPS) is 17.4. The van der Waals surface area contributed by atoms with Crippen LogP contribution in [0.4, 0.5) is 10.1 Å². The highest BCUT2D eigenvalue weighted by atomic mass is 79.9. The van der Waals surface area contributed by atoms with Gasteiger partial charge in [0.2, 0.25) is 5.95 Å². The molecule has 0 radical (unpaired) electrons. The average molecular weight is 289 g/mol. The van der Waals surface area contributed by atoms with Crippen LogP contribution >= 0.6 is 15.9 Å². The van der Waals surface area contributed by atoms with Crippen LogP contribution in [0.25, 0.3) is 0 Å². The summed E-state index contributed by atoms with van der Waals surface area (Å²) in [4.78, 5) is 3.64. The van der Waals surface area contributed by atoms with Gasteiger partial charge in [0.1, 0.15) is 0 Å². The van der Waals surface area contributed by atoms with Gasteiger partial charge in [0, 0.05) is 30.4 Å². The number of nitrogens with zero attached hydrogens (tertiary/aromatic N) is 1. The summed E-state index contributed by atoms with van der Waals surface area (Å²) in [5.41, 5.74) is 0.459. The van der Waals surface area contributed by atoms with E-state index in [9.17, 15) is 4.39 Å². The zero-order chi connectivity index (χ0) is 11.4. The van der Waals surface area contributed by atoms with Crippen LogP contribution in [0, 0.1) is 11.9 Å². The molecule has 0 bridgehead atoms. The Morgan fingerprint density at radius 1 is 1.50 bits per heavy atom. The number of pyridine rings is 1.